The van der Waals surface area contributed by atoms with Crippen LogP contribution in [0.25, 0.3) is 0 Å². The van der Waals surface area contributed by atoms with Gasteiger partial charge < -0.3 is 14.6 Å². The third-order valence-corrected chi connectivity index (χ3v) is 4.44. The van der Waals surface area contributed by atoms with E-state index in [9.17, 15) is 9.90 Å². The second-order valence-electron chi connectivity index (χ2n) is 5.62. The highest BCUT2D eigenvalue weighted by molar-refractivity contribution is 9.10. The number of carbonyl (C=O) groups is 1. The number of hydrogen-bond acceptors (Lipinski definition) is 3. The molecule has 5 heteroatoms. The van der Waals surface area contributed by atoms with Crippen molar-refractivity contribution in [3.8, 4) is 11.5 Å². The van der Waals surface area contributed by atoms with Crippen LogP contribution >= 0.6 is 15.9 Å². The monoisotopic (exact) mass is 376 g/mol. The fourth-order valence-corrected chi connectivity index (χ4v) is 2.59. The van der Waals surface area contributed by atoms with E-state index in [0.29, 0.717) is 35.1 Å². The molecule has 0 amide bonds. The number of carboxylic acid groups (broad SMARTS) is 1. The molecule has 0 bridgehead atoms. The van der Waals surface area contributed by atoms with Gasteiger partial charge in [-0.05, 0) is 52.4 Å². The molecule has 0 heterocycles. The molecule has 0 atom stereocenters. The topological polar surface area (TPSA) is 55.8 Å². The maximum atomic E-state index is 11.3. The molecule has 2 aromatic carbocycles. The maximum absolute atomic E-state index is 11.3. The fraction of sp³-hybridized carbons (Fsp3) is 0.278. The van der Waals surface area contributed by atoms with E-state index < -0.39 is 5.97 Å². The molecule has 0 saturated heterocycles. The standard InChI is InChI=1S/C18H17BrO4/c19-17-15(22-10-12-4-2-1-3-5-12)8-14(18(20)21)9-16(17)23-11-13-6-7-13/h1-5,8-9,13H,6-7,10-11H2,(H,20,21). The largest absolute Gasteiger partial charge is 0.492 e. The molecule has 0 unspecified atom stereocenters. The van der Waals surface area contributed by atoms with Crippen LogP contribution in [0.4, 0.5) is 0 Å². The molecule has 1 N–H and O–H groups in total. The van der Waals surface area contributed by atoms with Gasteiger partial charge in [0.1, 0.15) is 22.6 Å². The van der Waals surface area contributed by atoms with Gasteiger partial charge in [-0.15, -0.1) is 0 Å². The first-order valence-electron chi connectivity index (χ1n) is 7.50. The Bertz CT molecular complexity index is 696. The highest BCUT2D eigenvalue weighted by Gasteiger charge is 2.23. The Morgan fingerprint density at radius 2 is 1.78 bits per heavy atom. The molecule has 0 aromatic heterocycles. The summed E-state index contributed by atoms with van der Waals surface area (Å²) in [4.78, 5) is 11.3. The molecule has 2 aromatic rings. The Balaban J connectivity index is 1.80. The highest BCUT2D eigenvalue weighted by atomic mass is 79.9. The quantitative estimate of drug-likeness (QED) is 0.771. The molecule has 120 valence electrons. The van der Waals surface area contributed by atoms with Crippen molar-refractivity contribution in [2.75, 3.05) is 6.61 Å². The van der Waals surface area contributed by atoms with Crippen LogP contribution in [-0.2, 0) is 6.61 Å². The SMILES string of the molecule is O=C(O)c1cc(OCc2ccccc2)c(Br)c(OCC2CC2)c1. The smallest absolute Gasteiger partial charge is 0.335 e. The second-order valence-corrected chi connectivity index (χ2v) is 6.41. The number of aromatic carboxylic acids is 1. The summed E-state index contributed by atoms with van der Waals surface area (Å²) in [7, 11) is 0. The van der Waals surface area contributed by atoms with Gasteiger partial charge in [-0.25, -0.2) is 4.79 Å². The summed E-state index contributed by atoms with van der Waals surface area (Å²) in [5.74, 6) is 0.571. The van der Waals surface area contributed by atoms with Crippen molar-refractivity contribution >= 4 is 21.9 Å². The summed E-state index contributed by atoms with van der Waals surface area (Å²) in [6.45, 7) is 0.977. The van der Waals surface area contributed by atoms with Crippen molar-refractivity contribution in [3.05, 3.63) is 58.1 Å². The Morgan fingerprint density at radius 1 is 1.13 bits per heavy atom. The Kier molecular flexibility index (Phi) is 4.86. The number of hydrogen-bond donors (Lipinski definition) is 1. The van der Waals surface area contributed by atoms with Crippen molar-refractivity contribution in [1.82, 2.24) is 0 Å². The second kappa shape index (κ2) is 7.04. The molecule has 0 radical (unpaired) electrons. The third kappa shape index (κ3) is 4.26. The summed E-state index contributed by atoms with van der Waals surface area (Å²) in [6.07, 6.45) is 2.35. The van der Waals surface area contributed by atoms with E-state index in [0.717, 1.165) is 5.56 Å². The van der Waals surface area contributed by atoms with Gasteiger partial charge in [-0.1, -0.05) is 30.3 Å². The van der Waals surface area contributed by atoms with Crippen molar-refractivity contribution in [2.24, 2.45) is 5.92 Å². The van der Waals surface area contributed by atoms with Crippen molar-refractivity contribution in [1.29, 1.82) is 0 Å². The molecule has 1 aliphatic rings. The molecule has 23 heavy (non-hydrogen) atoms. The average Bonchev–Trinajstić information content (AvgIpc) is 3.38. The van der Waals surface area contributed by atoms with E-state index in [1.807, 2.05) is 30.3 Å². The van der Waals surface area contributed by atoms with Crippen LogP contribution in [-0.4, -0.2) is 17.7 Å². The van der Waals surface area contributed by atoms with E-state index in [1.54, 1.807) is 0 Å². The molecular formula is C18H17BrO4. The predicted molar refractivity (Wildman–Crippen MR) is 90.1 cm³/mol. The van der Waals surface area contributed by atoms with Crippen LogP contribution in [0, 0.1) is 5.92 Å². The van der Waals surface area contributed by atoms with Gasteiger partial charge in [0, 0.05) is 0 Å². The summed E-state index contributed by atoms with van der Waals surface area (Å²) < 4.78 is 12.2. The van der Waals surface area contributed by atoms with Crippen LogP contribution < -0.4 is 9.47 Å². The fourth-order valence-electron chi connectivity index (χ4n) is 2.13. The maximum Gasteiger partial charge on any atom is 0.335 e. The van der Waals surface area contributed by atoms with E-state index in [1.165, 1.54) is 25.0 Å². The first-order valence-corrected chi connectivity index (χ1v) is 8.29. The minimum Gasteiger partial charge on any atom is -0.492 e. The molecule has 1 aliphatic carbocycles. The van der Waals surface area contributed by atoms with Crippen LogP contribution in [0.1, 0.15) is 28.8 Å². The Hall–Kier alpha value is -2.01. The first kappa shape index (κ1) is 15.9. The summed E-state index contributed by atoms with van der Waals surface area (Å²) >= 11 is 3.47. The summed E-state index contributed by atoms with van der Waals surface area (Å²) in [5, 5.41) is 9.27. The molecule has 4 nitrogen and oxygen atoms in total. The number of ether oxygens (including phenoxy) is 2. The van der Waals surface area contributed by atoms with Gasteiger partial charge in [0.15, 0.2) is 0 Å². The highest BCUT2D eigenvalue weighted by Crippen LogP contribution is 2.38. The summed E-state index contributed by atoms with van der Waals surface area (Å²) in [5.41, 5.74) is 1.17. The average molecular weight is 377 g/mol. The molecule has 0 aliphatic heterocycles. The van der Waals surface area contributed by atoms with E-state index >= 15 is 0 Å². The van der Waals surface area contributed by atoms with Gasteiger partial charge in [0.25, 0.3) is 0 Å². The Labute approximate surface area is 143 Å². The van der Waals surface area contributed by atoms with Gasteiger partial charge in [0.05, 0.1) is 12.2 Å². The normalized spacial score (nSPS) is 13.6. The lowest BCUT2D eigenvalue weighted by Gasteiger charge is -2.14. The zero-order chi connectivity index (χ0) is 16.2. The van der Waals surface area contributed by atoms with Crippen LogP contribution in [0.15, 0.2) is 46.9 Å². The van der Waals surface area contributed by atoms with Crippen molar-refractivity contribution < 1.29 is 19.4 Å². The number of halogens is 1. The molecular weight excluding hydrogens is 360 g/mol. The molecule has 1 fully saturated rings. The zero-order valence-electron chi connectivity index (χ0n) is 12.5. The van der Waals surface area contributed by atoms with E-state index in [-0.39, 0.29) is 5.56 Å². The lowest BCUT2D eigenvalue weighted by Crippen LogP contribution is -2.05. The first-order chi connectivity index (χ1) is 11.1. The van der Waals surface area contributed by atoms with E-state index in [2.05, 4.69) is 15.9 Å². The molecule has 0 spiro atoms. The third-order valence-electron chi connectivity index (χ3n) is 3.66. The van der Waals surface area contributed by atoms with Crippen LogP contribution in [0.3, 0.4) is 0 Å². The molecule has 3 rings (SSSR count). The van der Waals surface area contributed by atoms with Gasteiger partial charge in [-0.2, -0.15) is 0 Å². The number of benzene rings is 2. The minimum atomic E-state index is -1.00. The lowest BCUT2D eigenvalue weighted by atomic mass is 10.2. The number of rotatable bonds is 7. The Morgan fingerprint density at radius 3 is 2.39 bits per heavy atom. The van der Waals surface area contributed by atoms with Crippen LogP contribution in [0.5, 0.6) is 11.5 Å². The summed E-state index contributed by atoms with van der Waals surface area (Å²) in [6, 6.07) is 12.8. The minimum absolute atomic E-state index is 0.155. The van der Waals surface area contributed by atoms with Gasteiger partial charge >= 0.3 is 5.97 Å². The zero-order valence-corrected chi connectivity index (χ0v) is 14.1. The van der Waals surface area contributed by atoms with Crippen molar-refractivity contribution in [2.45, 2.75) is 19.4 Å². The van der Waals surface area contributed by atoms with Crippen molar-refractivity contribution in [3.63, 3.8) is 0 Å². The predicted octanol–water partition coefficient (Wildman–Crippen LogP) is 4.52. The van der Waals surface area contributed by atoms with Crippen LogP contribution in [0.2, 0.25) is 0 Å². The lowest BCUT2D eigenvalue weighted by molar-refractivity contribution is 0.0695. The molecule has 1 saturated carbocycles. The van der Waals surface area contributed by atoms with E-state index in [4.69, 9.17) is 9.47 Å². The number of carboxylic acids is 1. The van der Waals surface area contributed by atoms with Gasteiger partial charge in [-0.3, -0.25) is 0 Å². The van der Waals surface area contributed by atoms with Gasteiger partial charge in [0.2, 0.25) is 0 Å².